The fourth-order valence-corrected chi connectivity index (χ4v) is 5.71. The molecule has 182 valence electrons. The second-order valence-electron chi connectivity index (χ2n) is 9.06. The first kappa shape index (κ1) is 24.4. The van der Waals surface area contributed by atoms with Crippen molar-refractivity contribution < 1.29 is 23.9 Å². The number of methoxy groups -OCH3 is 1. The maximum Gasteiger partial charge on any atom is 0.350 e. The molecule has 1 aliphatic carbocycles. The molecule has 2 heterocycles. The van der Waals surface area contributed by atoms with Gasteiger partial charge in [-0.2, -0.15) is 0 Å². The Morgan fingerprint density at radius 2 is 1.76 bits per heavy atom. The minimum Gasteiger partial charge on any atom is -0.465 e. The second-order valence-corrected chi connectivity index (χ2v) is 10.1. The van der Waals surface area contributed by atoms with Gasteiger partial charge in [0.2, 0.25) is 11.8 Å². The maximum absolute atomic E-state index is 13.8. The largest absolute Gasteiger partial charge is 0.465 e. The van der Waals surface area contributed by atoms with Gasteiger partial charge in [0.15, 0.2) is 0 Å². The number of thiophene rings is 1. The van der Waals surface area contributed by atoms with Gasteiger partial charge < -0.3 is 19.3 Å². The Balaban J connectivity index is 1.70. The van der Waals surface area contributed by atoms with Crippen molar-refractivity contribution in [3.63, 3.8) is 0 Å². The number of benzene rings is 1. The highest BCUT2D eigenvalue weighted by atomic mass is 32.1. The van der Waals surface area contributed by atoms with Crippen molar-refractivity contribution in [2.24, 2.45) is 11.8 Å². The number of nitrogens with zero attached hydrogens (tertiary/aromatic N) is 2. The van der Waals surface area contributed by atoms with E-state index in [1.54, 1.807) is 4.90 Å². The highest BCUT2D eigenvalue weighted by Gasteiger charge is 2.34. The molecule has 1 saturated carbocycles. The van der Waals surface area contributed by atoms with Gasteiger partial charge in [-0.05, 0) is 43.2 Å². The molecule has 1 aliphatic heterocycles. The van der Waals surface area contributed by atoms with Gasteiger partial charge in [-0.1, -0.05) is 37.3 Å². The number of hydrogen-bond donors (Lipinski definition) is 0. The number of ether oxygens (including phenoxy) is 2. The number of rotatable bonds is 6. The fourth-order valence-electron chi connectivity index (χ4n) is 4.62. The zero-order valence-corrected chi connectivity index (χ0v) is 20.6. The van der Waals surface area contributed by atoms with Gasteiger partial charge >= 0.3 is 5.97 Å². The summed E-state index contributed by atoms with van der Waals surface area (Å²) in [5, 5.41) is 0. The van der Waals surface area contributed by atoms with Crippen molar-refractivity contribution in [3.8, 4) is 10.4 Å². The van der Waals surface area contributed by atoms with Crippen molar-refractivity contribution in [1.82, 2.24) is 4.90 Å². The van der Waals surface area contributed by atoms with E-state index < -0.39 is 5.97 Å². The van der Waals surface area contributed by atoms with Crippen LogP contribution in [0.2, 0.25) is 0 Å². The molecule has 4 rings (SSSR count). The lowest BCUT2D eigenvalue weighted by Crippen LogP contribution is -2.49. The van der Waals surface area contributed by atoms with E-state index >= 15 is 0 Å². The van der Waals surface area contributed by atoms with Crippen molar-refractivity contribution in [3.05, 3.63) is 41.3 Å². The van der Waals surface area contributed by atoms with Crippen LogP contribution in [0.5, 0.6) is 0 Å². The third-order valence-electron chi connectivity index (χ3n) is 6.72. The predicted octanol–water partition coefficient (Wildman–Crippen LogP) is 4.22. The van der Waals surface area contributed by atoms with Crippen LogP contribution in [0.3, 0.4) is 0 Å². The number of carbonyl (C=O) groups is 3. The quantitative estimate of drug-likeness (QED) is 0.574. The predicted molar refractivity (Wildman–Crippen MR) is 132 cm³/mol. The molecule has 2 fully saturated rings. The van der Waals surface area contributed by atoms with Crippen LogP contribution < -0.4 is 4.90 Å². The number of morpholine rings is 1. The van der Waals surface area contributed by atoms with Crippen LogP contribution in [-0.2, 0) is 19.1 Å². The van der Waals surface area contributed by atoms with Crippen LogP contribution in [0.15, 0.2) is 36.4 Å². The first-order valence-electron chi connectivity index (χ1n) is 11.9. The molecule has 2 aromatic rings. The van der Waals surface area contributed by atoms with E-state index in [0.717, 1.165) is 36.1 Å². The molecule has 0 spiro atoms. The number of esters is 1. The molecule has 1 aromatic carbocycles. The van der Waals surface area contributed by atoms with Gasteiger partial charge in [0.1, 0.15) is 11.4 Å². The van der Waals surface area contributed by atoms with E-state index in [9.17, 15) is 14.4 Å². The minimum absolute atomic E-state index is 0.0870. The monoisotopic (exact) mass is 484 g/mol. The molecule has 0 bridgehead atoms. The van der Waals surface area contributed by atoms with E-state index in [0.29, 0.717) is 42.8 Å². The molecule has 34 heavy (non-hydrogen) atoms. The number of anilines is 1. The highest BCUT2D eigenvalue weighted by Crippen LogP contribution is 2.39. The number of amides is 2. The number of carbonyl (C=O) groups excluding carboxylic acids is 3. The molecular formula is C26H32N2O5S. The lowest BCUT2D eigenvalue weighted by atomic mass is 9.82. The summed E-state index contributed by atoms with van der Waals surface area (Å²) in [6.45, 7) is 4.10. The molecule has 0 radical (unpaired) electrons. The van der Waals surface area contributed by atoms with Crippen LogP contribution in [0.25, 0.3) is 10.4 Å². The topological polar surface area (TPSA) is 76.2 Å². The Hall–Kier alpha value is -2.71. The van der Waals surface area contributed by atoms with E-state index in [2.05, 4.69) is 6.92 Å². The van der Waals surface area contributed by atoms with Crippen LogP contribution in [0.4, 0.5) is 5.69 Å². The van der Waals surface area contributed by atoms with Gasteiger partial charge in [0.25, 0.3) is 0 Å². The summed E-state index contributed by atoms with van der Waals surface area (Å²) in [6, 6.07) is 11.6. The van der Waals surface area contributed by atoms with Gasteiger partial charge in [-0.3, -0.25) is 9.59 Å². The van der Waals surface area contributed by atoms with Crippen LogP contribution in [0.1, 0.15) is 42.3 Å². The molecule has 8 heteroatoms. The van der Waals surface area contributed by atoms with E-state index in [1.165, 1.54) is 23.3 Å². The Morgan fingerprint density at radius 3 is 2.41 bits per heavy atom. The molecule has 2 amide bonds. The van der Waals surface area contributed by atoms with Crippen molar-refractivity contribution >= 4 is 34.8 Å². The Morgan fingerprint density at radius 1 is 1.09 bits per heavy atom. The van der Waals surface area contributed by atoms with Gasteiger partial charge in [-0.15, -0.1) is 11.3 Å². The van der Waals surface area contributed by atoms with Gasteiger partial charge in [0, 0.05) is 23.9 Å². The smallest absolute Gasteiger partial charge is 0.350 e. The summed E-state index contributed by atoms with van der Waals surface area (Å²) in [7, 11) is 1.33. The Labute approximate surface area is 204 Å². The van der Waals surface area contributed by atoms with E-state index in [-0.39, 0.29) is 24.3 Å². The first-order chi connectivity index (χ1) is 16.5. The Bertz CT molecular complexity index is 1010. The van der Waals surface area contributed by atoms with Crippen LogP contribution >= 0.6 is 11.3 Å². The zero-order valence-electron chi connectivity index (χ0n) is 19.8. The average Bonchev–Trinajstić information content (AvgIpc) is 3.33. The van der Waals surface area contributed by atoms with E-state index in [4.69, 9.17) is 9.47 Å². The van der Waals surface area contributed by atoms with Crippen LogP contribution in [-0.4, -0.2) is 62.6 Å². The summed E-state index contributed by atoms with van der Waals surface area (Å²) in [5.74, 6) is -0.278. The Kier molecular flexibility index (Phi) is 8.00. The molecule has 1 aromatic heterocycles. The van der Waals surface area contributed by atoms with Gasteiger partial charge in [0.05, 0.1) is 26.0 Å². The van der Waals surface area contributed by atoms with Crippen molar-refractivity contribution in [2.45, 2.75) is 32.6 Å². The van der Waals surface area contributed by atoms with Crippen molar-refractivity contribution in [2.75, 3.05) is 44.9 Å². The lowest BCUT2D eigenvalue weighted by molar-refractivity contribution is -0.135. The molecule has 7 nitrogen and oxygen atoms in total. The summed E-state index contributed by atoms with van der Waals surface area (Å²) < 4.78 is 10.4. The summed E-state index contributed by atoms with van der Waals surface area (Å²) >= 11 is 1.29. The molecule has 1 saturated heterocycles. The normalized spacial score (nSPS) is 20.6. The molecule has 0 atom stereocenters. The van der Waals surface area contributed by atoms with Crippen molar-refractivity contribution in [1.29, 1.82) is 0 Å². The second kappa shape index (κ2) is 11.1. The lowest BCUT2D eigenvalue weighted by Gasteiger charge is -2.33. The minimum atomic E-state index is -0.504. The summed E-state index contributed by atoms with van der Waals surface area (Å²) in [5.41, 5.74) is 1.41. The third-order valence-corrected chi connectivity index (χ3v) is 7.87. The molecule has 0 unspecified atom stereocenters. The van der Waals surface area contributed by atoms with Gasteiger partial charge in [-0.25, -0.2) is 4.79 Å². The fraction of sp³-hybridized carbons (Fsp3) is 0.500. The first-order valence-corrected chi connectivity index (χ1v) is 12.7. The summed E-state index contributed by atoms with van der Waals surface area (Å²) in [6.07, 6.45) is 3.58. The highest BCUT2D eigenvalue weighted by molar-refractivity contribution is 7.18. The number of hydrogen-bond acceptors (Lipinski definition) is 6. The standard InChI is InChI=1S/C26H32N2O5S/c1-18-8-10-20(11-9-18)25(30)28(17-23(29)27-12-14-33-15-13-27)21-16-22(19-6-4-3-5-7-19)34-24(21)26(31)32-2/h3-7,16,18,20H,8-15,17H2,1-2H3. The average molecular weight is 485 g/mol. The maximum atomic E-state index is 13.8. The third kappa shape index (κ3) is 5.50. The molecule has 0 N–H and O–H groups in total. The SMILES string of the molecule is COC(=O)c1sc(-c2ccccc2)cc1N(CC(=O)N1CCOCC1)C(=O)C1CCC(C)CC1. The molecular weight excluding hydrogens is 452 g/mol. The van der Waals surface area contributed by atoms with Crippen LogP contribution in [0, 0.1) is 11.8 Å². The molecule has 2 aliphatic rings. The van der Waals surface area contributed by atoms with E-state index in [1.807, 2.05) is 36.4 Å². The zero-order chi connectivity index (χ0) is 24.1. The summed E-state index contributed by atoms with van der Waals surface area (Å²) in [4.78, 5) is 44.2.